The molecule has 0 fully saturated rings. The summed E-state index contributed by atoms with van der Waals surface area (Å²) in [4.78, 5) is 0. The molecule has 0 aliphatic carbocycles. The van der Waals surface area contributed by atoms with Crippen LogP contribution in [0, 0.1) is 0 Å². The van der Waals surface area contributed by atoms with Gasteiger partial charge in [0.15, 0.2) is 0 Å². The van der Waals surface area contributed by atoms with Crippen LogP contribution < -0.4 is 11.3 Å². The van der Waals surface area contributed by atoms with Crippen molar-refractivity contribution < 1.29 is 21.6 Å². The van der Waals surface area contributed by atoms with Crippen LogP contribution in [0.4, 0.5) is 13.2 Å². The Bertz CT molecular complexity index is 198. The third-order valence-corrected chi connectivity index (χ3v) is 1.88. The van der Waals surface area contributed by atoms with Crippen LogP contribution in [0.15, 0.2) is 0 Å². The Kier molecular flexibility index (Phi) is 5.11. The number of nitrogens with two attached hydrogens (primary N) is 1. The molecule has 0 aromatic heterocycles. The Morgan fingerprint density at radius 1 is 1.36 bits per heavy atom. The van der Waals surface area contributed by atoms with Crippen LogP contribution in [-0.2, 0) is 9.84 Å². The Hall–Kier alpha value is 0.01000. The molecule has 0 unspecified atom stereocenters. The molecule has 0 aliphatic rings. The molecule has 4 nitrogen and oxygen atoms in total. The number of halogens is 3. The van der Waals surface area contributed by atoms with Crippen molar-refractivity contribution in [1.29, 1.82) is 0 Å². The lowest BCUT2D eigenvalue weighted by Crippen LogP contribution is -2.36. The second-order valence-corrected chi connectivity index (χ2v) is 3.39. The molecule has 0 heterocycles. The van der Waals surface area contributed by atoms with Gasteiger partial charge in [0.2, 0.25) is 0 Å². The van der Waals surface area contributed by atoms with E-state index in [2.05, 4.69) is 5.84 Å². The first-order valence-corrected chi connectivity index (χ1v) is 3.69. The lowest BCUT2D eigenvalue weighted by Gasteiger charge is -2.05. The van der Waals surface area contributed by atoms with Crippen molar-refractivity contribution in [2.75, 3.05) is 5.88 Å². The van der Waals surface area contributed by atoms with E-state index in [1.165, 1.54) is 5.43 Å². The Morgan fingerprint density at radius 3 is 1.82 bits per heavy atom. The highest BCUT2D eigenvalue weighted by molar-refractivity contribution is 7.92. The standard InChI is InChI=1S/C2H5F3N2O2S.H2S/c3-2(4,5)10(8,9)1-7-6;/h7H,1,6H2;1H2. The topological polar surface area (TPSA) is 72.2 Å². The maximum absolute atomic E-state index is 11.3. The molecule has 0 amide bonds. The highest BCUT2D eigenvalue weighted by Crippen LogP contribution is 2.22. The van der Waals surface area contributed by atoms with Gasteiger partial charge in [-0.1, -0.05) is 0 Å². The van der Waals surface area contributed by atoms with E-state index in [1.54, 1.807) is 0 Å². The van der Waals surface area contributed by atoms with Gasteiger partial charge in [-0.2, -0.15) is 26.7 Å². The molecule has 70 valence electrons. The quantitative estimate of drug-likeness (QED) is 0.476. The molecular formula is C2H7F3N2O2S2. The summed E-state index contributed by atoms with van der Waals surface area (Å²) in [7, 11) is -5.08. The van der Waals surface area contributed by atoms with Crippen molar-refractivity contribution in [3.63, 3.8) is 0 Å². The van der Waals surface area contributed by atoms with Crippen LogP contribution in [0.25, 0.3) is 0 Å². The van der Waals surface area contributed by atoms with E-state index >= 15 is 0 Å². The molecule has 0 bridgehead atoms. The van der Waals surface area contributed by atoms with E-state index in [-0.39, 0.29) is 13.5 Å². The van der Waals surface area contributed by atoms with E-state index in [0.29, 0.717) is 0 Å². The average Bonchev–Trinajstić information content (AvgIpc) is 1.61. The first-order valence-electron chi connectivity index (χ1n) is 2.04. The van der Waals surface area contributed by atoms with E-state index in [4.69, 9.17) is 0 Å². The van der Waals surface area contributed by atoms with Crippen molar-refractivity contribution in [2.24, 2.45) is 5.84 Å². The van der Waals surface area contributed by atoms with Crippen LogP contribution in [-0.4, -0.2) is 19.8 Å². The zero-order valence-corrected chi connectivity index (χ0v) is 6.96. The van der Waals surface area contributed by atoms with Crippen molar-refractivity contribution in [2.45, 2.75) is 5.51 Å². The summed E-state index contributed by atoms with van der Waals surface area (Å²) in [6.07, 6.45) is 0. The Morgan fingerprint density at radius 2 is 1.73 bits per heavy atom. The zero-order valence-electron chi connectivity index (χ0n) is 5.14. The van der Waals surface area contributed by atoms with Crippen molar-refractivity contribution in [3.05, 3.63) is 0 Å². The average molecular weight is 212 g/mol. The normalized spacial score (nSPS) is 12.4. The highest BCUT2D eigenvalue weighted by atomic mass is 32.2. The first kappa shape index (κ1) is 13.6. The van der Waals surface area contributed by atoms with Crippen LogP contribution in [0.1, 0.15) is 0 Å². The van der Waals surface area contributed by atoms with Crippen LogP contribution in [0.3, 0.4) is 0 Å². The monoisotopic (exact) mass is 212 g/mol. The van der Waals surface area contributed by atoms with Gasteiger partial charge >= 0.3 is 5.51 Å². The zero-order chi connectivity index (χ0) is 8.41. The third kappa shape index (κ3) is 3.79. The summed E-state index contributed by atoms with van der Waals surface area (Å²) in [6, 6.07) is 0. The van der Waals surface area contributed by atoms with Crippen LogP contribution in [0.5, 0.6) is 0 Å². The highest BCUT2D eigenvalue weighted by Gasteiger charge is 2.44. The van der Waals surface area contributed by atoms with E-state index in [1.807, 2.05) is 0 Å². The van der Waals surface area contributed by atoms with Crippen molar-refractivity contribution in [3.8, 4) is 0 Å². The minimum absolute atomic E-state index is 0. The molecule has 11 heavy (non-hydrogen) atoms. The number of nitrogens with one attached hydrogen (secondary N) is 1. The molecule has 9 heteroatoms. The van der Waals surface area contributed by atoms with E-state index in [0.717, 1.165) is 0 Å². The second kappa shape index (κ2) is 4.14. The van der Waals surface area contributed by atoms with Crippen molar-refractivity contribution in [1.82, 2.24) is 5.43 Å². The number of hydrogen-bond acceptors (Lipinski definition) is 4. The lowest BCUT2D eigenvalue weighted by molar-refractivity contribution is -0.0437. The van der Waals surface area contributed by atoms with Gasteiger partial charge in [-0.25, -0.2) is 13.8 Å². The molecule has 0 aliphatic heterocycles. The fourth-order valence-electron chi connectivity index (χ4n) is 0.192. The fourth-order valence-corrected chi connectivity index (χ4v) is 0.575. The smallest absolute Gasteiger partial charge is 0.271 e. The summed E-state index contributed by atoms with van der Waals surface area (Å²) < 4.78 is 54.0. The molecule has 3 N–H and O–H groups in total. The SMILES string of the molecule is NNCS(=O)(=O)C(F)(F)F.S. The first-order chi connectivity index (χ1) is 4.31. The largest absolute Gasteiger partial charge is 0.498 e. The summed E-state index contributed by atoms with van der Waals surface area (Å²) >= 11 is 0. The molecule has 0 aromatic carbocycles. The second-order valence-electron chi connectivity index (χ2n) is 1.41. The number of hydrazine groups is 1. The summed E-state index contributed by atoms with van der Waals surface area (Å²) in [6.45, 7) is 0. The van der Waals surface area contributed by atoms with Gasteiger partial charge in [0.25, 0.3) is 9.84 Å². The van der Waals surface area contributed by atoms with Gasteiger partial charge in [0.05, 0.1) is 0 Å². The van der Waals surface area contributed by atoms with Gasteiger partial charge in [-0.05, 0) is 0 Å². The predicted octanol–water partition coefficient (Wildman–Crippen LogP) is -0.545. The molecule has 0 atom stereocenters. The molecule has 0 radical (unpaired) electrons. The number of alkyl halides is 3. The number of hydrogen-bond donors (Lipinski definition) is 2. The van der Waals surface area contributed by atoms with Crippen LogP contribution >= 0.6 is 13.5 Å². The summed E-state index contributed by atoms with van der Waals surface area (Å²) in [5, 5.41) is 0. The maximum Gasteiger partial charge on any atom is 0.498 e. The van der Waals surface area contributed by atoms with E-state index in [9.17, 15) is 21.6 Å². The third-order valence-electron chi connectivity index (χ3n) is 0.626. The van der Waals surface area contributed by atoms with Gasteiger partial charge in [0, 0.05) is 0 Å². The summed E-state index contributed by atoms with van der Waals surface area (Å²) in [5.41, 5.74) is -3.82. The van der Waals surface area contributed by atoms with Crippen molar-refractivity contribution >= 4 is 23.3 Å². The Balaban J connectivity index is 0. The molecule has 0 aromatic rings. The van der Waals surface area contributed by atoms with Gasteiger partial charge in [-0.15, -0.1) is 0 Å². The molecular weight excluding hydrogens is 205 g/mol. The summed E-state index contributed by atoms with van der Waals surface area (Å²) in [5.74, 6) is 3.09. The molecule has 0 saturated heterocycles. The number of rotatable bonds is 2. The maximum atomic E-state index is 11.3. The Labute approximate surface area is 68.3 Å². The van der Waals surface area contributed by atoms with Crippen LogP contribution in [0.2, 0.25) is 0 Å². The van der Waals surface area contributed by atoms with Gasteiger partial charge < -0.3 is 0 Å². The van der Waals surface area contributed by atoms with Gasteiger partial charge in [-0.3, -0.25) is 5.84 Å². The minimum atomic E-state index is -5.22. The lowest BCUT2D eigenvalue weighted by atomic mass is 11.5. The predicted molar refractivity (Wildman–Crippen MR) is 37.5 cm³/mol. The molecule has 0 rings (SSSR count). The molecule has 0 saturated carbocycles. The van der Waals surface area contributed by atoms with Gasteiger partial charge in [0.1, 0.15) is 5.88 Å². The minimum Gasteiger partial charge on any atom is -0.271 e. The fraction of sp³-hybridized carbons (Fsp3) is 1.00. The number of sulfone groups is 1. The van der Waals surface area contributed by atoms with E-state index < -0.39 is 21.2 Å². The molecule has 0 spiro atoms.